The summed E-state index contributed by atoms with van der Waals surface area (Å²) in [7, 11) is 0. The third-order valence-electron chi connectivity index (χ3n) is 3.26. The average molecular weight is 440 g/mol. The number of hydrogen-bond acceptors (Lipinski definition) is 5. The van der Waals surface area contributed by atoms with Gasteiger partial charge in [-0.3, -0.25) is 0 Å². The van der Waals surface area contributed by atoms with Gasteiger partial charge < -0.3 is 5.32 Å². The predicted octanol–water partition coefficient (Wildman–Crippen LogP) is 4.81. The SMILES string of the molecule is CC(F)(F)c1ccn(-c2nc(Nc3cc(Cl)cc(C#N)c3)ncc2Br)n1. The van der Waals surface area contributed by atoms with E-state index in [-0.39, 0.29) is 17.5 Å². The molecule has 1 N–H and O–H groups in total. The number of halogens is 4. The number of aromatic nitrogens is 4. The molecule has 0 aliphatic carbocycles. The first-order chi connectivity index (χ1) is 12.3. The molecule has 0 unspecified atom stereocenters. The number of anilines is 2. The maximum absolute atomic E-state index is 13.4. The maximum Gasteiger partial charge on any atom is 0.288 e. The van der Waals surface area contributed by atoms with Gasteiger partial charge in [-0.2, -0.15) is 24.1 Å². The number of rotatable bonds is 4. The van der Waals surface area contributed by atoms with Gasteiger partial charge in [0.1, 0.15) is 5.69 Å². The molecule has 6 nitrogen and oxygen atoms in total. The highest BCUT2D eigenvalue weighted by Gasteiger charge is 2.27. The van der Waals surface area contributed by atoms with Crippen molar-refractivity contribution in [3.8, 4) is 11.9 Å². The van der Waals surface area contributed by atoms with Crippen LogP contribution in [0.25, 0.3) is 5.82 Å². The molecular formula is C16H10BrClF2N6. The molecule has 0 aliphatic rings. The van der Waals surface area contributed by atoms with Crippen LogP contribution in [0.2, 0.25) is 5.02 Å². The van der Waals surface area contributed by atoms with Crippen LogP contribution in [0.4, 0.5) is 20.4 Å². The topological polar surface area (TPSA) is 79.4 Å². The highest BCUT2D eigenvalue weighted by molar-refractivity contribution is 9.10. The summed E-state index contributed by atoms with van der Waals surface area (Å²) in [6.45, 7) is 0.771. The summed E-state index contributed by atoms with van der Waals surface area (Å²) >= 11 is 9.25. The summed E-state index contributed by atoms with van der Waals surface area (Å²) in [5.74, 6) is -2.59. The molecule has 0 aliphatic heterocycles. The Morgan fingerprint density at radius 1 is 1.35 bits per heavy atom. The number of alkyl halides is 2. The van der Waals surface area contributed by atoms with Crippen molar-refractivity contribution in [2.75, 3.05) is 5.32 Å². The van der Waals surface area contributed by atoms with E-state index in [1.807, 2.05) is 6.07 Å². The van der Waals surface area contributed by atoms with E-state index in [1.54, 1.807) is 12.1 Å². The van der Waals surface area contributed by atoms with Gasteiger partial charge in [0.2, 0.25) is 5.95 Å². The third-order valence-corrected chi connectivity index (χ3v) is 4.04. The standard InChI is InChI=1S/C16H10BrClF2N6/c1-16(19,20)13-2-3-26(25-13)14-12(17)8-22-15(24-14)23-11-5-9(7-21)4-10(18)6-11/h2-6,8H,1H3,(H,22,23,24). The Morgan fingerprint density at radius 3 is 2.77 bits per heavy atom. The van der Waals surface area contributed by atoms with Gasteiger partial charge in [0.15, 0.2) is 5.82 Å². The fourth-order valence-corrected chi connectivity index (χ4v) is 2.72. The van der Waals surface area contributed by atoms with E-state index in [2.05, 4.69) is 36.3 Å². The van der Waals surface area contributed by atoms with Gasteiger partial charge in [0.25, 0.3) is 5.92 Å². The molecule has 1 aromatic carbocycles. The highest BCUT2D eigenvalue weighted by Crippen LogP contribution is 2.27. The monoisotopic (exact) mass is 438 g/mol. The third kappa shape index (κ3) is 3.98. The molecule has 0 bridgehead atoms. The number of nitrogens with one attached hydrogen (secondary N) is 1. The average Bonchev–Trinajstić information content (AvgIpc) is 3.06. The van der Waals surface area contributed by atoms with Crippen LogP contribution < -0.4 is 5.32 Å². The minimum Gasteiger partial charge on any atom is -0.324 e. The molecule has 10 heteroatoms. The second kappa shape index (κ2) is 6.97. The molecule has 0 spiro atoms. The lowest BCUT2D eigenvalue weighted by Crippen LogP contribution is -2.10. The molecule has 0 fully saturated rings. The minimum atomic E-state index is -3.06. The highest BCUT2D eigenvalue weighted by atomic mass is 79.9. The van der Waals surface area contributed by atoms with Crippen molar-refractivity contribution in [3.05, 3.63) is 57.4 Å². The van der Waals surface area contributed by atoms with E-state index in [1.165, 1.54) is 29.2 Å². The number of benzene rings is 1. The molecule has 0 radical (unpaired) electrons. The zero-order chi connectivity index (χ0) is 18.9. The van der Waals surface area contributed by atoms with Crippen molar-refractivity contribution in [2.24, 2.45) is 0 Å². The summed E-state index contributed by atoms with van der Waals surface area (Å²) in [4.78, 5) is 8.39. The van der Waals surface area contributed by atoms with Crippen LogP contribution >= 0.6 is 27.5 Å². The molecule has 2 heterocycles. The zero-order valence-electron chi connectivity index (χ0n) is 13.2. The van der Waals surface area contributed by atoms with Crippen molar-refractivity contribution < 1.29 is 8.78 Å². The number of nitrogens with zero attached hydrogens (tertiary/aromatic N) is 5. The number of nitriles is 1. The van der Waals surface area contributed by atoms with Crippen LogP contribution in [0.3, 0.4) is 0 Å². The van der Waals surface area contributed by atoms with Crippen LogP contribution in [0.15, 0.2) is 41.1 Å². The van der Waals surface area contributed by atoms with E-state index < -0.39 is 5.92 Å². The van der Waals surface area contributed by atoms with Crippen LogP contribution in [0, 0.1) is 11.3 Å². The molecule has 0 saturated heterocycles. The Kier molecular flexibility index (Phi) is 4.89. The van der Waals surface area contributed by atoms with Gasteiger partial charge in [-0.1, -0.05) is 11.6 Å². The number of hydrogen-bond donors (Lipinski definition) is 1. The molecule has 3 aromatic rings. The Bertz CT molecular complexity index is 1010. The van der Waals surface area contributed by atoms with Gasteiger partial charge in [0.05, 0.1) is 16.1 Å². The van der Waals surface area contributed by atoms with Crippen molar-refractivity contribution in [1.29, 1.82) is 5.26 Å². The van der Waals surface area contributed by atoms with Crippen LogP contribution in [0.1, 0.15) is 18.2 Å². The summed E-state index contributed by atoms with van der Waals surface area (Å²) in [6.07, 6.45) is 2.85. The van der Waals surface area contributed by atoms with Crippen LogP contribution in [0.5, 0.6) is 0 Å². The second-order valence-corrected chi connectivity index (χ2v) is 6.66. The summed E-state index contributed by atoms with van der Waals surface area (Å²) < 4.78 is 28.5. The van der Waals surface area contributed by atoms with Gasteiger partial charge >= 0.3 is 0 Å². The van der Waals surface area contributed by atoms with E-state index in [4.69, 9.17) is 16.9 Å². The van der Waals surface area contributed by atoms with E-state index in [0.29, 0.717) is 20.7 Å². The first-order valence-corrected chi connectivity index (χ1v) is 8.38. The van der Waals surface area contributed by atoms with Crippen molar-refractivity contribution in [1.82, 2.24) is 19.7 Å². The lowest BCUT2D eigenvalue weighted by Gasteiger charge is -2.09. The molecule has 0 saturated carbocycles. The van der Waals surface area contributed by atoms with Crippen molar-refractivity contribution in [3.63, 3.8) is 0 Å². The summed E-state index contributed by atoms with van der Waals surface area (Å²) in [5.41, 5.74) is 0.522. The fourth-order valence-electron chi connectivity index (χ4n) is 2.11. The van der Waals surface area contributed by atoms with Gasteiger partial charge in [0, 0.05) is 30.0 Å². The quantitative estimate of drug-likeness (QED) is 0.631. The van der Waals surface area contributed by atoms with Crippen molar-refractivity contribution in [2.45, 2.75) is 12.8 Å². The summed E-state index contributed by atoms with van der Waals surface area (Å²) in [6, 6.07) is 7.94. The van der Waals surface area contributed by atoms with Crippen LogP contribution in [-0.2, 0) is 5.92 Å². The Hall–Kier alpha value is -2.57. The molecule has 3 rings (SSSR count). The molecule has 0 atom stereocenters. The predicted molar refractivity (Wildman–Crippen MR) is 95.9 cm³/mol. The Morgan fingerprint density at radius 2 is 2.12 bits per heavy atom. The normalized spacial score (nSPS) is 11.2. The summed E-state index contributed by atoms with van der Waals surface area (Å²) in [5, 5.41) is 16.2. The van der Waals surface area contributed by atoms with E-state index in [0.717, 1.165) is 6.92 Å². The van der Waals surface area contributed by atoms with E-state index >= 15 is 0 Å². The Labute approximate surface area is 160 Å². The molecule has 0 amide bonds. The van der Waals surface area contributed by atoms with Crippen molar-refractivity contribution >= 4 is 39.2 Å². The minimum absolute atomic E-state index is 0.190. The zero-order valence-corrected chi connectivity index (χ0v) is 15.6. The smallest absolute Gasteiger partial charge is 0.288 e. The lowest BCUT2D eigenvalue weighted by atomic mass is 10.2. The van der Waals surface area contributed by atoms with Crippen LogP contribution in [-0.4, -0.2) is 19.7 Å². The lowest BCUT2D eigenvalue weighted by molar-refractivity contribution is 0.0124. The first kappa shape index (κ1) is 18.2. The first-order valence-electron chi connectivity index (χ1n) is 7.21. The fraction of sp³-hybridized carbons (Fsp3) is 0.125. The molecular weight excluding hydrogens is 430 g/mol. The molecule has 2 aromatic heterocycles. The van der Waals surface area contributed by atoms with Gasteiger partial charge in [-0.15, -0.1) is 0 Å². The molecule has 26 heavy (non-hydrogen) atoms. The Balaban J connectivity index is 1.95. The van der Waals surface area contributed by atoms with E-state index in [9.17, 15) is 8.78 Å². The second-order valence-electron chi connectivity index (χ2n) is 5.36. The largest absolute Gasteiger partial charge is 0.324 e. The van der Waals surface area contributed by atoms with Gasteiger partial charge in [-0.05, 0) is 40.2 Å². The maximum atomic E-state index is 13.4. The van der Waals surface area contributed by atoms with Gasteiger partial charge in [-0.25, -0.2) is 9.67 Å². The molecule has 132 valence electrons.